The number of ether oxygens (including phenoxy) is 1. The molecule has 0 saturated heterocycles. The molecule has 0 saturated carbocycles. The topological polar surface area (TPSA) is 109 Å². The van der Waals surface area contributed by atoms with E-state index in [1.54, 1.807) is 55.5 Å². The van der Waals surface area contributed by atoms with Gasteiger partial charge >= 0.3 is 5.97 Å². The van der Waals surface area contributed by atoms with Gasteiger partial charge in [0.25, 0.3) is 10.0 Å². The van der Waals surface area contributed by atoms with Crippen LogP contribution in [-0.4, -0.2) is 30.6 Å². The Morgan fingerprint density at radius 2 is 1.79 bits per heavy atom. The Bertz CT molecular complexity index is 1520. The number of nitrogens with zero attached hydrogens (tertiary/aromatic N) is 2. The van der Waals surface area contributed by atoms with Crippen molar-refractivity contribution in [1.82, 2.24) is 3.97 Å². The highest BCUT2D eigenvalue weighted by Crippen LogP contribution is 2.34. The van der Waals surface area contributed by atoms with Gasteiger partial charge in [-0.2, -0.15) is 5.26 Å². The van der Waals surface area contributed by atoms with E-state index in [0.29, 0.717) is 22.1 Å². The average Bonchev–Trinajstić information content (AvgIpc) is 3.24. The number of carbonyl (C=O) groups is 1. The molecule has 1 unspecified atom stereocenters. The summed E-state index contributed by atoms with van der Waals surface area (Å²) < 4.78 is 33.2. The molecular weight excluding hydrogens is 440 g/mol. The van der Waals surface area contributed by atoms with E-state index in [2.05, 4.69) is 6.07 Å². The Morgan fingerprint density at radius 3 is 2.45 bits per heavy atom. The van der Waals surface area contributed by atoms with Gasteiger partial charge in [-0.3, -0.25) is 0 Å². The molecule has 1 heterocycles. The lowest BCUT2D eigenvalue weighted by atomic mass is 10.0. The van der Waals surface area contributed by atoms with Crippen molar-refractivity contribution in [2.75, 3.05) is 7.11 Å². The summed E-state index contributed by atoms with van der Waals surface area (Å²) in [6.45, 7) is 1.77. The molecule has 0 aliphatic heterocycles. The first-order valence-corrected chi connectivity index (χ1v) is 11.4. The Morgan fingerprint density at radius 1 is 1.06 bits per heavy atom. The summed E-state index contributed by atoms with van der Waals surface area (Å²) in [6, 6.07) is 20.9. The third kappa shape index (κ3) is 3.89. The zero-order chi connectivity index (χ0) is 23.8. The molecule has 0 aliphatic rings. The monoisotopic (exact) mass is 460 g/mol. The van der Waals surface area contributed by atoms with Gasteiger partial charge in [-0.15, -0.1) is 0 Å². The van der Waals surface area contributed by atoms with Crippen LogP contribution >= 0.6 is 0 Å². The summed E-state index contributed by atoms with van der Waals surface area (Å²) in [5.74, 6) is -0.573. The molecule has 1 aromatic heterocycles. The lowest BCUT2D eigenvalue weighted by Gasteiger charge is -2.17. The first-order valence-electron chi connectivity index (χ1n) is 10.0. The molecule has 1 N–H and O–H groups in total. The Hall–Kier alpha value is -3.93. The van der Waals surface area contributed by atoms with Gasteiger partial charge in [0.1, 0.15) is 6.10 Å². The number of aromatic nitrogens is 1. The van der Waals surface area contributed by atoms with Crippen molar-refractivity contribution in [3.8, 4) is 6.07 Å². The lowest BCUT2D eigenvalue weighted by molar-refractivity contribution is 0.0600. The van der Waals surface area contributed by atoms with Gasteiger partial charge in [-0.25, -0.2) is 17.2 Å². The molecule has 0 spiro atoms. The van der Waals surface area contributed by atoms with Crippen molar-refractivity contribution >= 4 is 26.9 Å². The van der Waals surface area contributed by atoms with Crippen molar-refractivity contribution in [3.63, 3.8) is 0 Å². The number of nitriles is 1. The van der Waals surface area contributed by atoms with Gasteiger partial charge in [0, 0.05) is 5.39 Å². The minimum absolute atomic E-state index is 0.0410. The predicted octanol–water partition coefficient (Wildman–Crippen LogP) is 3.93. The molecule has 4 aromatic rings. The summed E-state index contributed by atoms with van der Waals surface area (Å²) in [4.78, 5) is 12.0. The summed E-state index contributed by atoms with van der Waals surface area (Å²) in [7, 11) is -2.87. The third-order valence-corrected chi connectivity index (χ3v) is 7.18. The highest BCUT2D eigenvalue weighted by Gasteiger charge is 2.28. The molecule has 0 amide bonds. The average molecular weight is 461 g/mol. The number of benzene rings is 3. The van der Waals surface area contributed by atoms with E-state index in [1.165, 1.54) is 31.4 Å². The van der Waals surface area contributed by atoms with E-state index in [1.807, 2.05) is 0 Å². The van der Waals surface area contributed by atoms with Gasteiger partial charge in [0.05, 0.1) is 40.4 Å². The van der Waals surface area contributed by atoms with Crippen LogP contribution in [0.5, 0.6) is 0 Å². The second-order valence-electron chi connectivity index (χ2n) is 7.51. The number of hydrogen-bond donors (Lipinski definition) is 1. The van der Waals surface area contributed by atoms with E-state index < -0.39 is 22.1 Å². The van der Waals surface area contributed by atoms with Crippen LogP contribution in [-0.2, 0) is 14.8 Å². The maximum atomic E-state index is 13.7. The van der Waals surface area contributed by atoms with Crippen LogP contribution in [0.4, 0.5) is 0 Å². The minimum atomic E-state index is -4.12. The Kier molecular flexibility index (Phi) is 5.77. The van der Waals surface area contributed by atoms with Crippen molar-refractivity contribution in [3.05, 3.63) is 101 Å². The minimum Gasteiger partial charge on any atom is -0.465 e. The summed E-state index contributed by atoms with van der Waals surface area (Å²) >= 11 is 0. The molecule has 8 heteroatoms. The second kappa shape index (κ2) is 8.54. The highest BCUT2D eigenvalue weighted by atomic mass is 32.2. The lowest BCUT2D eigenvalue weighted by Crippen LogP contribution is -2.18. The number of aliphatic hydroxyl groups is 1. The zero-order valence-electron chi connectivity index (χ0n) is 17.9. The summed E-state index contributed by atoms with van der Waals surface area (Å²) in [5, 5.41) is 21.3. The first-order chi connectivity index (χ1) is 15.8. The smallest absolute Gasteiger partial charge is 0.337 e. The molecule has 0 aliphatic carbocycles. The number of carbonyl (C=O) groups excluding carboxylic acids is 1. The number of fused-ring (bicyclic) bond motifs is 1. The normalized spacial score (nSPS) is 12.3. The molecule has 0 bridgehead atoms. The summed E-state index contributed by atoms with van der Waals surface area (Å²) in [5.41, 5.74) is 1.93. The molecule has 33 heavy (non-hydrogen) atoms. The number of aliphatic hydroxyl groups excluding tert-OH is 1. The van der Waals surface area contributed by atoms with Crippen molar-refractivity contribution < 1.29 is 23.1 Å². The van der Waals surface area contributed by atoms with Crippen molar-refractivity contribution in [2.45, 2.75) is 17.9 Å². The molecule has 0 radical (unpaired) electrons. The molecule has 4 rings (SSSR count). The highest BCUT2D eigenvalue weighted by molar-refractivity contribution is 7.90. The van der Waals surface area contributed by atoms with Crippen LogP contribution in [0.2, 0.25) is 0 Å². The standard InChI is InChI=1S/C25H20N2O5S/c1-16-11-17(15-26)12-22-21(16)14-23(27(22)33(30,31)20-9-4-3-5-10-20)24(28)18-7-6-8-19(13-18)25(29)32-2/h3-14,24,28H,1-2H3. The largest absolute Gasteiger partial charge is 0.465 e. The maximum Gasteiger partial charge on any atom is 0.337 e. The SMILES string of the molecule is COC(=O)c1cccc(C(O)c2cc3c(C)cc(C#N)cc3n2S(=O)(=O)c2ccccc2)c1. The number of esters is 1. The van der Waals surface area contributed by atoms with Crippen molar-refractivity contribution in [2.24, 2.45) is 0 Å². The van der Waals surface area contributed by atoms with E-state index in [9.17, 15) is 23.6 Å². The second-order valence-corrected chi connectivity index (χ2v) is 9.30. The number of rotatable bonds is 5. The number of hydrogen-bond acceptors (Lipinski definition) is 6. The van der Waals surface area contributed by atoms with Gasteiger partial charge in [0.2, 0.25) is 0 Å². The summed E-state index contributed by atoms with van der Waals surface area (Å²) in [6.07, 6.45) is -1.37. The van der Waals surface area contributed by atoms with E-state index in [-0.39, 0.29) is 21.7 Å². The molecular formula is C25H20N2O5S. The fraction of sp³-hybridized carbons (Fsp3) is 0.120. The van der Waals surface area contributed by atoms with Crippen LogP contribution in [0.15, 0.2) is 77.7 Å². The molecule has 7 nitrogen and oxygen atoms in total. The van der Waals surface area contributed by atoms with Crippen LogP contribution in [0, 0.1) is 18.3 Å². The van der Waals surface area contributed by atoms with E-state index in [4.69, 9.17) is 4.74 Å². The third-order valence-electron chi connectivity index (χ3n) is 5.42. The van der Waals surface area contributed by atoms with Crippen LogP contribution < -0.4 is 0 Å². The number of aryl methyl sites for hydroxylation is 1. The van der Waals surface area contributed by atoms with Gasteiger partial charge in [-0.05, 0) is 60.5 Å². The molecule has 166 valence electrons. The van der Waals surface area contributed by atoms with Gasteiger partial charge in [-0.1, -0.05) is 30.3 Å². The molecule has 0 fully saturated rings. The van der Waals surface area contributed by atoms with Crippen molar-refractivity contribution in [1.29, 1.82) is 5.26 Å². The van der Waals surface area contributed by atoms with Gasteiger partial charge < -0.3 is 9.84 Å². The quantitative estimate of drug-likeness (QED) is 0.452. The van der Waals surface area contributed by atoms with E-state index in [0.717, 1.165) is 3.97 Å². The van der Waals surface area contributed by atoms with Gasteiger partial charge in [0.15, 0.2) is 0 Å². The number of methoxy groups -OCH3 is 1. The Labute approximate surface area is 191 Å². The Balaban J connectivity index is 2.01. The maximum absolute atomic E-state index is 13.7. The fourth-order valence-corrected chi connectivity index (χ4v) is 5.38. The fourth-order valence-electron chi connectivity index (χ4n) is 3.83. The zero-order valence-corrected chi connectivity index (χ0v) is 18.7. The first kappa shape index (κ1) is 22.3. The predicted molar refractivity (Wildman–Crippen MR) is 122 cm³/mol. The van der Waals surface area contributed by atoms with Crippen LogP contribution in [0.3, 0.4) is 0 Å². The molecule has 3 aromatic carbocycles. The molecule has 1 atom stereocenters. The van der Waals surface area contributed by atoms with Crippen LogP contribution in [0.1, 0.15) is 38.8 Å². The van der Waals surface area contributed by atoms with E-state index >= 15 is 0 Å². The van der Waals surface area contributed by atoms with Crippen LogP contribution in [0.25, 0.3) is 10.9 Å².